The van der Waals surface area contributed by atoms with E-state index in [1.165, 1.54) is 0 Å². The molecular weight excluding hydrogens is 296 g/mol. The van der Waals surface area contributed by atoms with Crippen LogP contribution in [0.5, 0.6) is 0 Å². The monoisotopic (exact) mass is 306 g/mol. The normalized spacial score (nSPS) is 10.4. The topological polar surface area (TPSA) is 117 Å². The van der Waals surface area contributed by atoms with Crippen molar-refractivity contribution in [1.82, 2.24) is 19.4 Å². The fraction of sp³-hybridized carbons (Fsp3) is 0.200. The van der Waals surface area contributed by atoms with Gasteiger partial charge in [-0.15, -0.1) is 0 Å². The van der Waals surface area contributed by atoms with Crippen molar-refractivity contribution in [2.75, 3.05) is 6.61 Å². The van der Waals surface area contributed by atoms with Crippen molar-refractivity contribution in [1.29, 1.82) is 10.5 Å². The van der Waals surface area contributed by atoms with Crippen LogP contribution in [0.3, 0.4) is 0 Å². The smallest absolute Gasteiger partial charge is 0.310 e. The highest BCUT2D eigenvalue weighted by molar-refractivity contribution is 5.79. The molecule has 112 valence electrons. The maximum Gasteiger partial charge on any atom is 0.310 e. The summed E-state index contributed by atoms with van der Waals surface area (Å²) in [7, 11) is 0. The molecule has 3 aromatic heterocycles. The average Bonchev–Trinajstić information content (AvgIpc) is 2.92. The van der Waals surface area contributed by atoms with E-state index in [2.05, 4.69) is 15.0 Å². The minimum atomic E-state index is -0.357. The molecule has 8 heteroatoms. The third-order valence-corrected chi connectivity index (χ3v) is 3.20. The summed E-state index contributed by atoms with van der Waals surface area (Å²) >= 11 is 0. The van der Waals surface area contributed by atoms with Crippen LogP contribution in [0, 0.1) is 22.7 Å². The van der Waals surface area contributed by atoms with Crippen LogP contribution in [0.15, 0.2) is 18.3 Å². The van der Waals surface area contributed by atoms with Crippen molar-refractivity contribution in [3.63, 3.8) is 0 Å². The van der Waals surface area contributed by atoms with Crippen LogP contribution < -0.4 is 0 Å². The van der Waals surface area contributed by atoms with E-state index in [0.29, 0.717) is 23.5 Å². The molecule has 0 amide bonds. The molecule has 0 bridgehead atoms. The van der Waals surface area contributed by atoms with Gasteiger partial charge >= 0.3 is 5.97 Å². The lowest BCUT2D eigenvalue weighted by Gasteiger charge is -2.03. The van der Waals surface area contributed by atoms with Gasteiger partial charge in [0.1, 0.15) is 17.8 Å². The number of ether oxygens (including phenoxy) is 1. The van der Waals surface area contributed by atoms with Crippen LogP contribution in [0.4, 0.5) is 0 Å². The van der Waals surface area contributed by atoms with Crippen molar-refractivity contribution >= 4 is 22.9 Å². The lowest BCUT2D eigenvalue weighted by molar-refractivity contribution is -0.142. The molecule has 3 rings (SSSR count). The quantitative estimate of drug-likeness (QED) is 0.665. The Hall–Kier alpha value is -3.52. The molecule has 3 heterocycles. The molecule has 0 fully saturated rings. The SMILES string of the molecule is CCOC(=O)Cc1cccn2c1nc1nc(C#N)c(C#N)nc12. The number of esters is 1. The number of aromatic nitrogens is 4. The predicted octanol–water partition coefficient (Wildman–Crippen LogP) is 1.13. The summed E-state index contributed by atoms with van der Waals surface area (Å²) < 4.78 is 6.59. The Balaban J connectivity index is 2.22. The van der Waals surface area contributed by atoms with Crippen molar-refractivity contribution in [3.8, 4) is 12.1 Å². The molecule has 0 aliphatic carbocycles. The number of hydrogen-bond acceptors (Lipinski definition) is 7. The molecule has 0 spiro atoms. The van der Waals surface area contributed by atoms with E-state index in [-0.39, 0.29) is 29.4 Å². The van der Waals surface area contributed by atoms with Gasteiger partial charge in [0.2, 0.25) is 0 Å². The number of rotatable bonds is 3. The zero-order chi connectivity index (χ0) is 16.4. The first-order valence-electron chi connectivity index (χ1n) is 6.81. The Morgan fingerprint density at radius 2 is 1.96 bits per heavy atom. The number of imidazole rings is 1. The van der Waals surface area contributed by atoms with Crippen LogP contribution in [-0.4, -0.2) is 31.9 Å². The largest absolute Gasteiger partial charge is 0.466 e. The van der Waals surface area contributed by atoms with Crippen molar-refractivity contribution in [3.05, 3.63) is 35.3 Å². The third kappa shape index (κ3) is 2.43. The summed E-state index contributed by atoms with van der Waals surface area (Å²) in [6, 6.07) is 7.18. The van der Waals surface area contributed by atoms with Crippen molar-refractivity contribution in [2.24, 2.45) is 0 Å². The second-order valence-corrected chi connectivity index (χ2v) is 4.61. The summed E-state index contributed by atoms with van der Waals surface area (Å²) in [5, 5.41) is 18.1. The lowest BCUT2D eigenvalue weighted by atomic mass is 10.2. The Labute approximate surface area is 130 Å². The van der Waals surface area contributed by atoms with E-state index in [1.54, 1.807) is 29.7 Å². The number of hydrogen-bond donors (Lipinski definition) is 0. The molecule has 0 aliphatic heterocycles. The molecule has 0 unspecified atom stereocenters. The van der Waals surface area contributed by atoms with Gasteiger partial charge in [-0.25, -0.2) is 15.0 Å². The molecule has 23 heavy (non-hydrogen) atoms. The van der Waals surface area contributed by atoms with Gasteiger partial charge in [-0.2, -0.15) is 10.5 Å². The molecule has 0 N–H and O–H groups in total. The second-order valence-electron chi connectivity index (χ2n) is 4.61. The number of carbonyl (C=O) groups is 1. The molecule has 3 aromatic rings. The number of nitriles is 2. The number of nitrogens with zero attached hydrogens (tertiary/aromatic N) is 6. The number of fused-ring (bicyclic) bond motifs is 3. The van der Waals surface area contributed by atoms with Gasteiger partial charge in [-0.3, -0.25) is 9.20 Å². The van der Waals surface area contributed by atoms with E-state index in [9.17, 15) is 4.79 Å². The lowest BCUT2D eigenvalue weighted by Crippen LogP contribution is -2.08. The Kier molecular flexibility index (Phi) is 3.57. The fourth-order valence-corrected chi connectivity index (χ4v) is 2.26. The first-order valence-corrected chi connectivity index (χ1v) is 6.81. The Morgan fingerprint density at radius 3 is 2.65 bits per heavy atom. The summed E-state index contributed by atoms with van der Waals surface area (Å²) in [5.41, 5.74) is 1.63. The molecule has 0 atom stereocenters. The maximum absolute atomic E-state index is 11.7. The summed E-state index contributed by atoms with van der Waals surface area (Å²) in [4.78, 5) is 24.2. The molecule has 8 nitrogen and oxygen atoms in total. The van der Waals surface area contributed by atoms with Crippen LogP contribution in [0.1, 0.15) is 23.9 Å². The Bertz CT molecular complexity index is 1010. The molecular formula is C15H10N6O2. The summed E-state index contributed by atoms with van der Waals surface area (Å²) in [5.74, 6) is -0.357. The third-order valence-electron chi connectivity index (χ3n) is 3.20. The van der Waals surface area contributed by atoms with Crippen LogP contribution >= 0.6 is 0 Å². The van der Waals surface area contributed by atoms with E-state index < -0.39 is 0 Å². The molecule has 0 saturated heterocycles. The maximum atomic E-state index is 11.7. The number of pyridine rings is 1. The van der Waals surface area contributed by atoms with E-state index in [0.717, 1.165) is 0 Å². The zero-order valence-electron chi connectivity index (χ0n) is 12.1. The minimum absolute atomic E-state index is 0.0578. The minimum Gasteiger partial charge on any atom is -0.466 e. The van der Waals surface area contributed by atoms with Crippen molar-refractivity contribution in [2.45, 2.75) is 13.3 Å². The van der Waals surface area contributed by atoms with E-state index in [1.807, 2.05) is 12.1 Å². The first-order chi connectivity index (χ1) is 11.2. The van der Waals surface area contributed by atoms with Gasteiger partial charge in [0, 0.05) is 11.8 Å². The van der Waals surface area contributed by atoms with Gasteiger partial charge < -0.3 is 4.74 Å². The predicted molar refractivity (Wildman–Crippen MR) is 78.1 cm³/mol. The van der Waals surface area contributed by atoms with E-state index >= 15 is 0 Å². The Morgan fingerprint density at radius 1 is 1.22 bits per heavy atom. The molecule has 0 saturated carbocycles. The zero-order valence-corrected chi connectivity index (χ0v) is 12.1. The average molecular weight is 306 g/mol. The fourth-order valence-electron chi connectivity index (χ4n) is 2.26. The highest BCUT2D eigenvalue weighted by Gasteiger charge is 2.16. The van der Waals surface area contributed by atoms with E-state index in [4.69, 9.17) is 15.3 Å². The second kappa shape index (κ2) is 5.70. The standard InChI is InChI=1S/C15H10N6O2/c1-2-23-12(22)6-9-4-3-5-21-14(9)20-13-15(21)19-11(8-17)10(7-16)18-13/h3-5H,2,6H2,1H3. The van der Waals surface area contributed by atoms with Gasteiger partial charge in [0.25, 0.3) is 0 Å². The highest BCUT2D eigenvalue weighted by atomic mass is 16.5. The highest BCUT2D eigenvalue weighted by Crippen LogP contribution is 2.18. The summed E-state index contributed by atoms with van der Waals surface area (Å²) in [6.45, 7) is 2.04. The molecule has 0 aliphatic rings. The van der Waals surface area contributed by atoms with Crippen LogP contribution in [0.2, 0.25) is 0 Å². The number of carbonyl (C=O) groups excluding carboxylic acids is 1. The van der Waals surface area contributed by atoms with Gasteiger partial charge in [-0.1, -0.05) is 6.07 Å². The molecule has 0 aromatic carbocycles. The van der Waals surface area contributed by atoms with Gasteiger partial charge in [0.15, 0.2) is 22.7 Å². The van der Waals surface area contributed by atoms with Crippen molar-refractivity contribution < 1.29 is 9.53 Å². The molecule has 0 radical (unpaired) electrons. The van der Waals surface area contributed by atoms with Crippen LogP contribution in [-0.2, 0) is 16.0 Å². The van der Waals surface area contributed by atoms with Gasteiger partial charge in [0.05, 0.1) is 13.0 Å². The first kappa shape index (κ1) is 14.4. The van der Waals surface area contributed by atoms with Gasteiger partial charge in [-0.05, 0) is 13.0 Å². The van der Waals surface area contributed by atoms with Crippen LogP contribution in [0.25, 0.3) is 16.9 Å². The summed E-state index contributed by atoms with van der Waals surface area (Å²) in [6.07, 6.45) is 1.78.